The van der Waals surface area contributed by atoms with Crippen LogP contribution >= 0.6 is 0 Å². The highest BCUT2D eigenvalue weighted by Gasteiger charge is 2.59. The number of esters is 1. The smallest absolute Gasteiger partial charge is 0.303 e. The number of ketones is 1. The van der Waals surface area contributed by atoms with E-state index in [4.69, 9.17) is 4.74 Å². The van der Waals surface area contributed by atoms with Crippen LogP contribution in [0.25, 0.3) is 0 Å². The van der Waals surface area contributed by atoms with Crippen molar-refractivity contribution in [2.24, 2.45) is 22.7 Å². The number of fused-ring (bicyclic) bond motifs is 1. The van der Waals surface area contributed by atoms with E-state index in [1.165, 1.54) is 19.8 Å². The zero-order valence-electron chi connectivity index (χ0n) is 15.1. The molecule has 0 spiro atoms. The first-order valence-electron chi connectivity index (χ1n) is 8.70. The van der Waals surface area contributed by atoms with E-state index in [1.807, 2.05) is 6.92 Å². The molecule has 22 heavy (non-hydrogen) atoms. The molecule has 0 aliphatic heterocycles. The summed E-state index contributed by atoms with van der Waals surface area (Å²) < 4.78 is 5.78. The number of rotatable bonds is 3. The van der Waals surface area contributed by atoms with E-state index in [9.17, 15) is 9.59 Å². The van der Waals surface area contributed by atoms with Crippen LogP contribution in [0.5, 0.6) is 0 Å². The van der Waals surface area contributed by atoms with Gasteiger partial charge in [0.05, 0.1) is 0 Å². The molecule has 2 saturated carbocycles. The summed E-state index contributed by atoms with van der Waals surface area (Å²) in [6.45, 7) is 12.3. The van der Waals surface area contributed by atoms with Crippen LogP contribution < -0.4 is 0 Å². The molecule has 3 nitrogen and oxygen atoms in total. The zero-order chi connectivity index (χ0) is 16.8. The average Bonchev–Trinajstić information content (AvgIpc) is 2.31. The summed E-state index contributed by atoms with van der Waals surface area (Å²) in [6.07, 6.45) is 6.06. The molecule has 0 saturated heterocycles. The molecular formula is C19H32O3. The summed E-state index contributed by atoms with van der Waals surface area (Å²) in [6, 6.07) is 0. The van der Waals surface area contributed by atoms with Gasteiger partial charge in [-0.05, 0) is 56.3 Å². The van der Waals surface area contributed by atoms with Crippen LogP contribution in [0.3, 0.4) is 0 Å². The first-order valence-corrected chi connectivity index (χ1v) is 8.70. The molecular weight excluding hydrogens is 276 g/mol. The number of carbonyl (C=O) groups excluding carboxylic acids is 2. The van der Waals surface area contributed by atoms with Crippen LogP contribution in [0, 0.1) is 22.7 Å². The molecule has 0 aromatic carbocycles. The number of Topliss-reactive ketones (excluding diaryl/α,β-unsaturated/α-hetero) is 1. The lowest BCUT2D eigenvalue weighted by Crippen LogP contribution is -2.59. The van der Waals surface area contributed by atoms with Crippen LogP contribution in [0.15, 0.2) is 0 Å². The fourth-order valence-corrected chi connectivity index (χ4v) is 5.79. The maximum absolute atomic E-state index is 11.9. The van der Waals surface area contributed by atoms with Gasteiger partial charge in [-0.25, -0.2) is 0 Å². The highest BCUT2D eigenvalue weighted by atomic mass is 16.6. The highest BCUT2D eigenvalue weighted by molar-refractivity contribution is 5.76. The third-order valence-electron chi connectivity index (χ3n) is 6.61. The van der Waals surface area contributed by atoms with Crippen LogP contribution in [-0.4, -0.2) is 17.4 Å². The summed E-state index contributed by atoms with van der Waals surface area (Å²) in [7, 11) is 0. The molecule has 0 aromatic heterocycles. The molecule has 2 rings (SSSR count). The lowest BCUT2D eigenvalue weighted by molar-refractivity contribution is -0.199. The standard InChI is InChI=1S/C19H32O3/c1-13(20)12-16-18(5)10-7-9-17(3,4)15(18)8-11-19(16,6)22-14(2)21/h15-16H,7-12H2,1-6H3/t15-,16-,18-,19+/m0/s1. The van der Waals surface area contributed by atoms with Gasteiger partial charge in [0.1, 0.15) is 11.4 Å². The summed E-state index contributed by atoms with van der Waals surface area (Å²) in [5.41, 5.74) is -0.119. The Morgan fingerprint density at radius 2 is 1.68 bits per heavy atom. The van der Waals surface area contributed by atoms with Crippen molar-refractivity contribution in [3.05, 3.63) is 0 Å². The van der Waals surface area contributed by atoms with Crippen molar-refractivity contribution in [1.82, 2.24) is 0 Å². The minimum Gasteiger partial charge on any atom is -0.459 e. The van der Waals surface area contributed by atoms with Crippen molar-refractivity contribution in [1.29, 1.82) is 0 Å². The minimum atomic E-state index is -0.504. The third kappa shape index (κ3) is 2.96. The van der Waals surface area contributed by atoms with Gasteiger partial charge in [-0.2, -0.15) is 0 Å². The van der Waals surface area contributed by atoms with E-state index >= 15 is 0 Å². The van der Waals surface area contributed by atoms with E-state index < -0.39 is 5.60 Å². The van der Waals surface area contributed by atoms with Gasteiger partial charge in [0.25, 0.3) is 0 Å². The van der Waals surface area contributed by atoms with Crippen LogP contribution in [-0.2, 0) is 14.3 Å². The van der Waals surface area contributed by atoms with Gasteiger partial charge >= 0.3 is 5.97 Å². The Hall–Kier alpha value is -0.860. The van der Waals surface area contributed by atoms with Gasteiger partial charge in [0, 0.05) is 19.3 Å². The Kier molecular flexibility index (Phi) is 4.49. The first-order chi connectivity index (χ1) is 10.0. The Bertz CT molecular complexity index is 467. The second-order valence-electron chi connectivity index (χ2n) is 8.80. The third-order valence-corrected chi connectivity index (χ3v) is 6.61. The van der Waals surface area contributed by atoms with Crippen molar-refractivity contribution in [3.63, 3.8) is 0 Å². The Balaban J connectivity index is 2.43. The topological polar surface area (TPSA) is 43.4 Å². The maximum atomic E-state index is 11.9. The van der Waals surface area contributed by atoms with Crippen molar-refractivity contribution >= 4 is 11.8 Å². The second-order valence-corrected chi connectivity index (χ2v) is 8.80. The van der Waals surface area contributed by atoms with Crippen LogP contribution in [0.1, 0.15) is 80.1 Å². The molecule has 4 atom stereocenters. The Labute approximate surface area is 135 Å². The molecule has 0 aromatic rings. The molecule has 0 amide bonds. The highest BCUT2D eigenvalue weighted by Crippen LogP contribution is 2.63. The summed E-state index contributed by atoms with van der Waals surface area (Å²) in [4.78, 5) is 23.6. The van der Waals surface area contributed by atoms with Crippen LogP contribution in [0.2, 0.25) is 0 Å². The maximum Gasteiger partial charge on any atom is 0.303 e. The Morgan fingerprint density at radius 1 is 1.05 bits per heavy atom. The number of hydrogen-bond donors (Lipinski definition) is 0. The molecule has 126 valence electrons. The summed E-state index contributed by atoms with van der Waals surface area (Å²) in [5.74, 6) is 0.697. The van der Waals surface area contributed by atoms with Crippen molar-refractivity contribution in [3.8, 4) is 0 Å². The van der Waals surface area contributed by atoms with E-state index in [1.54, 1.807) is 6.92 Å². The Morgan fingerprint density at radius 3 is 2.23 bits per heavy atom. The van der Waals surface area contributed by atoms with Crippen molar-refractivity contribution in [2.45, 2.75) is 85.7 Å². The minimum absolute atomic E-state index is 0.0792. The van der Waals surface area contributed by atoms with E-state index in [2.05, 4.69) is 20.8 Å². The predicted octanol–water partition coefficient (Wildman–Crippen LogP) is 4.53. The normalized spacial score (nSPS) is 40.6. The molecule has 0 heterocycles. The fraction of sp³-hybridized carbons (Fsp3) is 0.895. The monoisotopic (exact) mass is 308 g/mol. The lowest BCUT2D eigenvalue weighted by atomic mass is 9.45. The quantitative estimate of drug-likeness (QED) is 0.719. The molecule has 0 N–H and O–H groups in total. The zero-order valence-corrected chi connectivity index (χ0v) is 15.1. The van der Waals surface area contributed by atoms with Gasteiger partial charge in [-0.15, -0.1) is 0 Å². The molecule has 0 bridgehead atoms. The van der Waals surface area contributed by atoms with Gasteiger partial charge < -0.3 is 9.53 Å². The first kappa shape index (κ1) is 17.5. The molecule has 0 radical (unpaired) electrons. The van der Waals surface area contributed by atoms with E-state index in [0.29, 0.717) is 17.8 Å². The average molecular weight is 308 g/mol. The SMILES string of the molecule is CC(=O)C[C@H]1[C@@]2(C)CCCC(C)(C)[C@@H]2CC[C@@]1(C)OC(C)=O. The summed E-state index contributed by atoms with van der Waals surface area (Å²) in [5, 5.41) is 0. The lowest BCUT2D eigenvalue weighted by Gasteiger charge is -2.61. The van der Waals surface area contributed by atoms with Crippen molar-refractivity contribution in [2.75, 3.05) is 0 Å². The molecule has 3 heteroatoms. The fourth-order valence-electron chi connectivity index (χ4n) is 5.79. The van der Waals surface area contributed by atoms with Gasteiger partial charge in [-0.1, -0.05) is 27.2 Å². The predicted molar refractivity (Wildman–Crippen MR) is 87.4 cm³/mol. The number of ether oxygens (including phenoxy) is 1. The van der Waals surface area contributed by atoms with E-state index in [0.717, 1.165) is 19.3 Å². The molecule has 0 unspecified atom stereocenters. The molecule has 2 aliphatic rings. The van der Waals surface area contributed by atoms with Crippen molar-refractivity contribution < 1.29 is 14.3 Å². The van der Waals surface area contributed by atoms with Crippen LogP contribution in [0.4, 0.5) is 0 Å². The van der Waals surface area contributed by atoms with Gasteiger partial charge in [0.2, 0.25) is 0 Å². The largest absolute Gasteiger partial charge is 0.459 e. The molecule has 2 aliphatic carbocycles. The summed E-state index contributed by atoms with van der Waals surface area (Å²) >= 11 is 0. The van der Waals surface area contributed by atoms with Gasteiger partial charge in [0.15, 0.2) is 0 Å². The second kappa shape index (κ2) is 5.65. The van der Waals surface area contributed by atoms with E-state index in [-0.39, 0.29) is 23.1 Å². The number of hydrogen-bond acceptors (Lipinski definition) is 3. The number of carbonyl (C=O) groups is 2. The molecule has 2 fully saturated rings. The van der Waals surface area contributed by atoms with Gasteiger partial charge in [-0.3, -0.25) is 4.79 Å².